The molecule has 2 aromatic rings. The second-order valence-electron chi connectivity index (χ2n) is 7.42. The van der Waals surface area contributed by atoms with Gasteiger partial charge in [0.25, 0.3) is 0 Å². The molecule has 154 valence electrons. The number of halogens is 2. The Balaban J connectivity index is 1.38. The van der Waals surface area contributed by atoms with Gasteiger partial charge in [0, 0.05) is 62.8 Å². The van der Waals surface area contributed by atoms with Gasteiger partial charge in [-0.25, -0.2) is 18.6 Å². The summed E-state index contributed by atoms with van der Waals surface area (Å²) in [5.74, 6) is 0.188. The molecule has 0 aliphatic carbocycles. The van der Waals surface area contributed by atoms with Gasteiger partial charge in [-0.15, -0.1) is 0 Å². The first-order valence-electron chi connectivity index (χ1n) is 9.85. The van der Waals surface area contributed by atoms with Crippen LogP contribution in [0.3, 0.4) is 0 Å². The van der Waals surface area contributed by atoms with E-state index in [9.17, 15) is 13.6 Å². The molecule has 2 fully saturated rings. The zero-order valence-electron chi connectivity index (χ0n) is 16.4. The van der Waals surface area contributed by atoms with Gasteiger partial charge in [-0.3, -0.25) is 0 Å². The summed E-state index contributed by atoms with van der Waals surface area (Å²) in [6.45, 7) is 6.17. The number of benzene rings is 1. The molecule has 0 spiro atoms. The third-order valence-electron chi connectivity index (χ3n) is 5.22. The number of hydrogen-bond acceptors (Lipinski definition) is 5. The maximum Gasteiger partial charge on any atom is 0.321 e. The standard InChI is InChI=1S/C20H24F2N6O/c1-14-10-18(25-19(23-14)27-4-2-3-5-27)26-6-8-28(9-7-26)20(29)24-17-12-15(21)11-16(22)13-17/h10-13H,2-9H2,1H3,(H,24,29). The van der Waals surface area contributed by atoms with Crippen LogP contribution in [0.15, 0.2) is 24.3 Å². The minimum Gasteiger partial charge on any atom is -0.353 e. The zero-order chi connectivity index (χ0) is 20.4. The number of nitrogens with one attached hydrogen (secondary N) is 1. The van der Waals surface area contributed by atoms with Crippen LogP contribution in [0.4, 0.5) is 31.0 Å². The molecule has 3 heterocycles. The number of piperazine rings is 1. The Labute approximate surface area is 168 Å². The summed E-state index contributed by atoms with van der Waals surface area (Å²) in [5.41, 5.74) is 1.03. The van der Waals surface area contributed by atoms with Gasteiger partial charge < -0.3 is 20.0 Å². The van der Waals surface area contributed by atoms with Gasteiger partial charge >= 0.3 is 6.03 Å². The molecule has 0 atom stereocenters. The molecule has 29 heavy (non-hydrogen) atoms. The van der Waals surface area contributed by atoms with Crippen LogP contribution in [-0.2, 0) is 0 Å². The molecule has 2 aliphatic heterocycles. The van der Waals surface area contributed by atoms with E-state index in [1.807, 2.05) is 13.0 Å². The lowest BCUT2D eigenvalue weighted by Crippen LogP contribution is -2.50. The van der Waals surface area contributed by atoms with Crippen LogP contribution >= 0.6 is 0 Å². The first-order valence-corrected chi connectivity index (χ1v) is 9.85. The Morgan fingerprint density at radius 3 is 2.21 bits per heavy atom. The third-order valence-corrected chi connectivity index (χ3v) is 5.22. The molecule has 1 aromatic heterocycles. The van der Waals surface area contributed by atoms with Crippen LogP contribution in [0.25, 0.3) is 0 Å². The summed E-state index contributed by atoms with van der Waals surface area (Å²) in [6, 6.07) is 4.56. The predicted octanol–water partition coefficient (Wildman–Crippen LogP) is 3.02. The molecular weight excluding hydrogens is 378 g/mol. The Hall–Kier alpha value is -2.97. The summed E-state index contributed by atoms with van der Waals surface area (Å²) in [6.07, 6.45) is 2.32. The van der Waals surface area contributed by atoms with Crippen molar-refractivity contribution < 1.29 is 13.6 Å². The van der Waals surface area contributed by atoms with Crippen molar-refractivity contribution in [3.05, 3.63) is 41.6 Å². The Morgan fingerprint density at radius 1 is 0.897 bits per heavy atom. The van der Waals surface area contributed by atoms with E-state index in [1.54, 1.807) is 4.90 Å². The Kier molecular flexibility index (Phi) is 5.46. The number of carbonyl (C=O) groups excluding carboxylic acids is 1. The summed E-state index contributed by atoms with van der Waals surface area (Å²) >= 11 is 0. The number of nitrogens with zero attached hydrogens (tertiary/aromatic N) is 5. The lowest BCUT2D eigenvalue weighted by atomic mass is 10.3. The molecule has 0 radical (unpaired) electrons. The van der Waals surface area contributed by atoms with Gasteiger partial charge in [-0.05, 0) is 31.9 Å². The normalized spacial score (nSPS) is 17.0. The van der Waals surface area contributed by atoms with Gasteiger partial charge in [0.05, 0.1) is 0 Å². The first kappa shape index (κ1) is 19.4. The number of aromatic nitrogens is 2. The molecule has 2 saturated heterocycles. The van der Waals surface area contributed by atoms with Crippen molar-refractivity contribution in [3.63, 3.8) is 0 Å². The highest BCUT2D eigenvalue weighted by Gasteiger charge is 2.24. The average molecular weight is 402 g/mol. The van der Waals surface area contributed by atoms with Crippen LogP contribution in [-0.4, -0.2) is 60.2 Å². The highest BCUT2D eigenvalue weighted by atomic mass is 19.1. The van der Waals surface area contributed by atoms with Crippen molar-refractivity contribution in [3.8, 4) is 0 Å². The summed E-state index contributed by atoms with van der Waals surface area (Å²) < 4.78 is 26.6. The lowest BCUT2D eigenvalue weighted by Gasteiger charge is -2.35. The highest BCUT2D eigenvalue weighted by Crippen LogP contribution is 2.22. The third kappa shape index (κ3) is 4.55. The van der Waals surface area contributed by atoms with Crippen LogP contribution in [0, 0.1) is 18.6 Å². The van der Waals surface area contributed by atoms with E-state index in [2.05, 4.69) is 20.1 Å². The van der Waals surface area contributed by atoms with Crippen LogP contribution < -0.4 is 15.1 Å². The summed E-state index contributed by atoms with van der Waals surface area (Å²) in [4.78, 5) is 27.7. The average Bonchev–Trinajstić information content (AvgIpc) is 3.22. The zero-order valence-corrected chi connectivity index (χ0v) is 16.4. The maximum atomic E-state index is 13.3. The van der Waals surface area contributed by atoms with Gasteiger partial charge in [-0.1, -0.05) is 0 Å². The Bertz CT molecular complexity index is 874. The number of carbonyl (C=O) groups is 1. The van der Waals surface area contributed by atoms with E-state index >= 15 is 0 Å². The van der Waals surface area contributed by atoms with E-state index < -0.39 is 11.6 Å². The first-order chi connectivity index (χ1) is 14.0. The lowest BCUT2D eigenvalue weighted by molar-refractivity contribution is 0.208. The largest absolute Gasteiger partial charge is 0.353 e. The SMILES string of the molecule is Cc1cc(N2CCN(C(=O)Nc3cc(F)cc(F)c3)CC2)nc(N2CCCC2)n1. The van der Waals surface area contributed by atoms with Gasteiger partial charge in [0.1, 0.15) is 17.5 Å². The second-order valence-corrected chi connectivity index (χ2v) is 7.42. The summed E-state index contributed by atoms with van der Waals surface area (Å²) in [7, 11) is 0. The van der Waals surface area contributed by atoms with Crippen LogP contribution in [0.5, 0.6) is 0 Å². The van der Waals surface area contributed by atoms with Gasteiger partial charge in [0.15, 0.2) is 0 Å². The van der Waals surface area contributed by atoms with Gasteiger partial charge in [-0.2, -0.15) is 4.98 Å². The predicted molar refractivity (Wildman–Crippen MR) is 107 cm³/mol. The van der Waals surface area contributed by atoms with E-state index in [4.69, 9.17) is 4.98 Å². The number of urea groups is 1. The fraction of sp³-hybridized carbons (Fsp3) is 0.450. The van der Waals surface area contributed by atoms with Crippen molar-refractivity contribution in [1.29, 1.82) is 0 Å². The molecule has 0 unspecified atom stereocenters. The fourth-order valence-corrected chi connectivity index (χ4v) is 3.72. The van der Waals surface area contributed by atoms with E-state index in [-0.39, 0.29) is 11.7 Å². The molecule has 2 aliphatic rings. The highest BCUT2D eigenvalue weighted by molar-refractivity contribution is 5.89. The van der Waals surface area contributed by atoms with Crippen LogP contribution in [0.2, 0.25) is 0 Å². The molecule has 9 heteroatoms. The Morgan fingerprint density at radius 2 is 1.55 bits per heavy atom. The van der Waals surface area contributed by atoms with Crippen molar-refractivity contribution in [2.75, 3.05) is 54.4 Å². The minimum absolute atomic E-state index is 0.108. The minimum atomic E-state index is -0.724. The maximum absolute atomic E-state index is 13.3. The molecule has 7 nitrogen and oxygen atoms in total. The van der Waals surface area contributed by atoms with Crippen molar-refractivity contribution in [2.24, 2.45) is 0 Å². The molecule has 0 saturated carbocycles. The fourth-order valence-electron chi connectivity index (χ4n) is 3.72. The smallest absolute Gasteiger partial charge is 0.321 e. The summed E-state index contributed by atoms with van der Waals surface area (Å²) in [5, 5.41) is 2.56. The number of hydrogen-bond donors (Lipinski definition) is 1. The van der Waals surface area contributed by atoms with Crippen LogP contribution in [0.1, 0.15) is 18.5 Å². The topological polar surface area (TPSA) is 64.6 Å². The van der Waals surface area contributed by atoms with E-state index in [1.165, 1.54) is 0 Å². The molecule has 2 amide bonds. The number of anilines is 3. The monoisotopic (exact) mass is 402 g/mol. The quantitative estimate of drug-likeness (QED) is 0.855. The molecule has 4 rings (SSSR count). The van der Waals surface area contributed by atoms with E-state index in [0.717, 1.165) is 61.6 Å². The van der Waals surface area contributed by atoms with Crippen molar-refractivity contribution >= 4 is 23.5 Å². The number of amides is 2. The molecule has 0 bridgehead atoms. The van der Waals surface area contributed by atoms with Crippen molar-refractivity contribution in [2.45, 2.75) is 19.8 Å². The van der Waals surface area contributed by atoms with E-state index in [0.29, 0.717) is 26.2 Å². The molecular formula is C20H24F2N6O. The number of rotatable bonds is 3. The van der Waals surface area contributed by atoms with Crippen molar-refractivity contribution in [1.82, 2.24) is 14.9 Å². The van der Waals surface area contributed by atoms with Gasteiger partial charge in [0.2, 0.25) is 5.95 Å². The number of aryl methyl sites for hydroxylation is 1. The molecule has 1 N–H and O–H groups in total. The molecule has 1 aromatic carbocycles. The second kappa shape index (κ2) is 8.18.